The van der Waals surface area contributed by atoms with Gasteiger partial charge in [0.25, 0.3) is 0 Å². The minimum Gasteiger partial charge on any atom is -0.508 e. The minimum atomic E-state index is -4.71. The van der Waals surface area contributed by atoms with E-state index < -0.39 is 31.3 Å². The molecule has 23 heavy (non-hydrogen) atoms. The van der Waals surface area contributed by atoms with Crippen LogP contribution in [0.3, 0.4) is 0 Å². The monoisotopic (exact) mass is 341 g/mol. The van der Waals surface area contributed by atoms with Crippen LogP contribution >= 0.6 is 7.75 Å². The molecular weight excluding hydrogens is 325 g/mol. The van der Waals surface area contributed by atoms with Crippen LogP contribution in [0.5, 0.6) is 5.75 Å². The summed E-state index contributed by atoms with van der Waals surface area (Å²) in [4.78, 5) is 30.0. The van der Waals surface area contributed by atoms with Crippen molar-refractivity contribution in [3.8, 4) is 5.75 Å². The van der Waals surface area contributed by atoms with Crippen LogP contribution in [-0.4, -0.2) is 36.7 Å². The molecule has 8 nitrogen and oxygen atoms in total. The third-order valence-electron chi connectivity index (χ3n) is 3.21. The van der Waals surface area contributed by atoms with Crippen molar-refractivity contribution in [1.29, 1.82) is 0 Å². The molecule has 9 heteroatoms. The number of aliphatic hydroxyl groups is 2. The molecule has 1 aromatic carbocycles. The van der Waals surface area contributed by atoms with Gasteiger partial charge >= 0.3 is 7.75 Å². The summed E-state index contributed by atoms with van der Waals surface area (Å²) in [6, 6.07) is 5.57. The van der Waals surface area contributed by atoms with Crippen molar-refractivity contribution in [2.24, 2.45) is 0 Å². The summed E-state index contributed by atoms with van der Waals surface area (Å²) in [5, 5.41) is 31.6. The largest absolute Gasteiger partial charge is 0.508 e. The smallest absolute Gasteiger partial charge is 0.427 e. The highest BCUT2D eigenvalue weighted by atomic mass is 31.2. The van der Waals surface area contributed by atoms with Crippen molar-refractivity contribution in [1.82, 2.24) is 5.09 Å². The molecule has 0 aliphatic heterocycles. The summed E-state index contributed by atoms with van der Waals surface area (Å²) in [6.07, 6.45) is 2.03. The second-order valence-corrected chi connectivity index (χ2v) is 6.45. The van der Waals surface area contributed by atoms with Crippen LogP contribution in [0.25, 0.3) is 0 Å². The summed E-state index contributed by atoms with van der Waals surface area (Å²) in [7, 11) is -4.71. The number of benzene rings is 1. The Kier molecular flexibility index (Phi) is 4.74. The van der Waals surface area contributed by atoms with Crippen LogP contribution in [0.1, 0.15) is 12.0 Å². The van der Waals surface area contributed by atoms with Gasteiger partial charge in [0.1, 0.15) is 5.75 Å². The molecule has 0 spiro atoms. The predicted molar refractivity (Wildman–Crippen MR) is 79.9 cm³/mol. The van der Waals surface area contributed by atoms with Gasteiger partial charge in [-0.1, -0.05) is 18.2 Å². The van der Waals surface area contributed by atoms with E-state index in [4.69, 9.17) is 9.79 Å². The van der Waals surface area contributed by atoms with E-state index in [1.54, 1.807) is 0 Å². The van der Waals surface area contributed by atoms with Crippen molar-refractivity contribution in [2.45, 2.75) is 18.6 Å². The third-order valence-corrected chi connectivity index (χ3v) is 3.77. The maximum Gasteiger partial charge on any atom is 0.427 e. The number of nitrogens with one attached hydrogen (secondary N) is 1. The Morgan fingerprint density at radius 2 is 1.78 bits per heavy atom. The first-order valence-electron chi connectivity index (χ1n) is 6.59. The molecule has 0 saturated carbocycles. The lowest BCUT2D eigenvalue weighted by Gasteiger charge is -2.28. The van der Waals surface area contributed by atoms with Crippen molar-refractivity contribution < 1.29 is 34.5 Å². The van der Waals surface area contributed by atoms with Gasteiger partial charge in [0, 0.05) is 18.5 Å². The van der Waals surface area contributed by atoms with E-state index in [0.29, 0.717) is 5.56 Å². The number of rotatable bonds is 5. The van der Waals surface area contributed by atoms with Crippen LogP contribution in [0.4, 0.5) is 0 Å². The fourth-order valence-corrected chi connectivity index (χ4v) is 2.88. The predicted octanol–water partition coefficient (Wildman–Crippen LogP) is 0.0810. The minimum absolute atomic E-state index is 0.00465. The summed E-state index contributed by atoms with van der Waals surface area (Å²) >= 11 is 0. The Hall–Kier alpha value is -1.96. The van der Waals surface area contributed by atoms with Gasteiger partial charge in [0.05, 0.1) is 5.57 Å². The molecule has 0 fully saturated rings. The molecule has 0 radical (unpaired) electrons. The first-order valence-corrected chi connectivity index (χ1v) is 8.21. The van der Waals surface area contributed by atoms with Gasteiger partial charge in [-0.3, -0.25) is 9.88 Å². The molecule has 0 amide bonds. The van der Waals surface area contributed by atoms with E-state index >= 15 is 0 Å². The molecule has 124 valence electrons. The molecule has 0 heterocycles. The van der Waals surface area contributed by atoms with Gasteiger partial charge in [-0.2, -0.15) is 0 Å². The number of carbonyl (C=O) groups is 1. The molecule has 0 aromatic heterocycles. The van der Waals surface area contributed by atoms with E-state index in [2.05, 4.69) is 0 Å². The maximum atomic E-state index is 12.0. The SMILES string of the molecule is O=C1C=CCC(NP(=O)(O)O)=C1C(O)(O)Cc1ccc(O)cc1. The molecule has 6 N–H and O–H groups in total. The average Bonchev–Trinajstić information content (AvgIpc) is 2.39. The molecule has 0 unspecified atom stereocenters. The summed E-state index contributed by atoms with van der Waals surface area (Å²) in [6.45, 7) is 0. The van der Waals surface area contributed by atoms with Gasteiger partial charge in [-0.15, -0.1) is 0 Å². The third kappa shape index (κ3) is 4.51. The van der Waals surface area contributed by atoms with E-state index in [9.17, 15) is 24.7 Å². The maximum absolute atomic E-state index is 12.0. The summed E-state index contributed by atoms with van der Waals surface area (Å²) in [5.41, 5.74) is -0.343. The van der Waals surface area contributed by atoms with Crippen molar-refractivity contribution in [3.63, 3.8) is 0 Å². The number of hydrogen-bond acceptors (Lipinski definition) is 5. The highest BCUT2D eigenvalue weighted by molar-refractivity contribution is 7.49. The zero-order valence-corrected chi connectivity index (χ0v) is 12.8. The van der Waals surface area contributed by atoms with Crippen molar-refractivity contribution in [3.05, 3.63) is 53.3 Å². The van der Waals surface area contributed by atoms with Crippen LogP contribution in [-0.2, 0) is 15.8 Å². The van der Waals surface area contributed by atoms with Crippen LogP contribution < -0.4 is 5.09 Å². The molecule has 1 aliphatic carbocycles. The fourth-order valence-electron chi connectivity index (χ4n) is 2.32. The lowest BCUT2D eigenvalue weighted by molar-refractivity contribution is -0.139. The van der Waals surface area contributed by atoms with Crippen molar-refractivity contribution in [2.75, 3.05) is 0 Å². The average molecular weight is 341 g/mol. The van der Waals surface area contributed by atoms with Gasteiger partial charge in [-0.25, -0.2) is 4.57 Å². The van der Waals surface area contributed by atoms with Crippen molar-refractivity contribution >= 4 is 13.5 Å². The summed E-state index contributed by atoms with van der Waals surface area (Å²) in [5.74, 6) is -3.39. The number of aromatic hydroxyl groups is 1. The normalized spacial score (nSPS) is 15.9. The van der Waals surface area contributed by atoms with E-state index in [1.165, 1.54) is 30.3 Å². The molecule has 0 saturated heterocycles. The molecular formula is C14H16NO7P. The number of carbonyl (C=O) groups excluding carboxylic acids is 1. The molecule has 0 atom stereocenters. The van der Waals surface area contributed by atoms with Gasteiger partial charge in [0.2, 0.25) is 0 Å². The quantitative estimate of drug-likeness (QED) is 0.326. The zero-order chi connectivity index (χ0) is 17.3. The zero-order valence-electron chi connectivity index (χ0n) is 11.9. The Bertz CT molecular complexity index is 715. The molecule has 1 aromatic rings. The first kappa shape index (κ1) is 17.4. The van der Waals surface area contributed by atoms with Crippen LogP contribution in [0.2, 0.25) is 0 Å². The number of allylic oxidation sites excluding steroid dienone is 2. The second kappa shape index (κ2) is 6.27. The number of hydrogen-bond donors (Lipinski definition) is 6. The van der Waals surface area contributed by atoms with E-state index in [-0.39, 0.29) is 17.9 Å². The Morgan fingerprint density at radius 3 is 2.35 bits per heavy atom. The number of phenols is 1. The van der Waals surface area contributed by atoms with Gasteiger partial charge in [-0.05, 0) is 23.8 Å². The topological polar surface area (TPSA) is 147 Å². The standard InChI is InChI=1S/C14H16NO7P/c16-10-6-4-9(5-7-10)8-14(18,19)13-11(15-23(20,21)22)2-1-3-12(13)17/h1,3-7,16,18-19H,2,8H2,(H3,15,20,21,22). The first-order chi connectivity index (χ1) is 10.6. The van der Waals surface area contributed by atoms with E-state index in [0.717, 1.165) is 6.08 Å². The molecule has 2 rings (SSSR count). The second-order valence-electron chi connectivity index (χ2n) is 5.14. The fraction of sp³-hybridized carbons (Fsp3) is 0.214. The number of phenolic OH excluding ortho intramolecular Hbond substituents is 1. The Balaban J connectivity index is 2.37. The lowest BCUT2D eigenvalue weighted by atomic mass is 9.89. The van der Waals surface area contributed by atoms with Gasteiger partial charge in [0.15, 0.2) is 11.6 Å². The highest BCUT2D eigenvalue weighted by Crippen LogP contribution is 2.35. The lowest BCUT2D eigenvalue weighted by Crippen LogP contribution is -2.40. The van der Waals surface area contributed by atoms with Crippen LogP contribution in [0.15, 0.2) is 47.7 Å². The number of ketones is 1. The van der Waals surface area contributed by atoms with Crippen LogP contribution in [0, 0.1) is 0 Å². The Labute approximate surface area is 131 Å². The molecule has 1 aliphatic rings. The summed E-state index contributed by atoms with van der Waals surface area (Å²) < 4.78 is 11.1. The molecule has 0 bridgehead atoms. The van der Waals surface area contributed by atoms with Gasteiger partial charge < -0.3 is 25.1 Å². The Morgan fingerprint density at radius 1 is 1.17 bits per heavy atom. The highest BCUT2D eigenvalue weighted by Gasteiger charge is 2.38. The van der Waals surface area contributed by atoms with E-state index in [1.807, 2.05) is 5.09 Å².